The number of anilines is 1. The number of halogens is 1. The van der Waals surface area contributed by atoms with Gasteiger partial charge in [-0.3, -0.25) is 4.57 Å². The van der Waals surface area contributed by atoms with Crippen LogP contribution in [0.5, 0.6) is 0 Å². The van der Waals surface area contributed by atoms with E-state index in [1.807, 2.05) is 16.8 Å². The highest BCUT2D eigenvalue weighted by Gasteiger charge is 2.10. The molecule has 1 atom stereocenters. The molecule has 2 rings (SSSR count). The van der Waals surface area contributed by atoms with Crippen molar-refractivity contribution in [3.8, 4) is 5.69 Å². The Morgan fingerprint density at radius 2 is 2.26 bits per heavy atom. The van der Waals surface area contributed by atoms with Crippen molar-refractivity contribution in [2.24, 2.45) is 0 Å². The topological polar surface area (TPSA) is 39.1 Å². The van der Waals surface area contributed by atoms with E-state index in [0.29, 0.717) is 6.61 Å². The molecule has 102 valence electrons. The summed E-state index contributed by atoms with van der Waals surface area (Å²) in [6.45, 7) is 4.80. The summed E-state index contributed by atoms with van der Waals surface area (Å²) in [5.41, 5.74) is 2.31. The van der Waals surface area contributed by atoms with Crippen LogP contribution in [-0.4, -0.2) is 29.3 Å². The molecule has 0 aliphatic carbocycles. The summed E-state index contributed by atoms with van der Waals surface area (Å²) in [6.07, 6.45) is 3.75. The summed E-state index contributed by atoms with van der Waals surface area (Å²) in [5, 5.41) is 3.35. The van der Waals surface area contributed by atoms with Gasteiger partial charge < -0.3 is 10.1 Å². The molecule has 5 heteroatoms. The van der Waals surface area contributed by atoms with Crippen molar-refractivity contribution in [1.29, 1.82) is 0 Å². The highest BCUT2D eigenvalue weighted by Crippen LogP contribution is 2.23. The lowest BCUT2D eigenvalue weighted by molar-refractivity contribution is 0.190. The number of aromatic nitrogens is 2. The van der Waals surface area contributed by atoms with Gasteiger partial charge in [0.1, 0.15) is 0 Å². The molecule has 1 unspecified atom stereocenters. The number of hydrogen-bond acceptors (Lipinski definition) is 3. The molecule has 0 saturated heterocycles. The molecule has 0 fully saturated rings. The van der Waals surface area contributed by atoms with Crippen LogP contribution in [0.15, 0.2) is 35.1 Å². The van der Waals surface area contributed by atoms with Gasteiger partial charge in [-0.05, 0) is 31.5 Å². The van der Waals surface area contributed by atoms with Crippen LogP contribution in [-0.2, 0) is 4.74 Å². The Hall–Kier alpha value is -1.33. The van der Waals surface area contributed by atoms with Crippen molar-refractivity contribution in [3.05, 3.63) is 40.6 Å². The zero-order valence-electron chi connectivity index (χ0n) is 11.4. The average molecular weight is 324 g/mol. The van der Waals surface area contributed by atoms with Crippen molar-refractivity contribution in [3.63, 3.8) is 0 Å². The predicted molar refractivity (Wildman–Crippen MR) is 81.0 cm³/mol. The molecule has 0 radical (unpaired) electrons. The highest BCUT2D eigenvalue weighted by molar-refractivity contribution is 9.10. The lowest BCUT2D eigenvalue weighted by Gasteiger charge is -2.16. The van der Waals surface area contributed by atoms with Crippen molar-refractivity contribution in [2.45, 2.75) is 19.9 Å². The first-order valence-electron chi connectivity index (χ1n) is 6.17. The molecule has 0 bridgehead atoms. The molecule has 1 aromatic carbocycles. The highest BCUT2D eigenvalue weighted by atomic mass is 79.9. The fraction of sp³-hybridized carbons (Fsp3) is 0.357. The summed E-state index contributed by atoms with van der Waals surface area (Å²) < 4.78 is 8.24. The fourth-order valence-corrected chi connectivity index (χ4v) is 2.31. The summed E-state index contributed by atoms with van der Waals surface area (Å²) in [7, 11) is 1.70. The predicted octanol–water partition coefficient (Wildman–Crippen LogP) is 3.39. The van der Waals surface area contributed by atoms with E-state index in [1.54, 1.807) is 13.3 Å². The number of aryl methyl sites for hydroxylation is 1. The van der Waals surface area contributed by atoms with E-state index in [1.165, 1.54) is 5.56 Å². The van der Waals surface area contributed by atoms with Gasteiger partial charge in [-0.15, -0.1) is 0 Å². The van der Waals surface area contributed by atoms with E-state index in [9.17, 15) is 0 Å². The third-order valence-corrected chi connectivity index (χ3v) is 3.36. The second kappa shape index (κ2) is 6.21. The van der Waals surface area contributed by atoms with Crippen LogP contribution in [0.3, 0.4) is 0 Å². The fourth-order valence-electron chi connectivity index (χ4n) is 1.96. The molecule has 1 heterocycles. The van der Waals surface area contributed by atoms with Crippen LogP contribution < -0.4 is 5.32 Å². The summed E-state index contributed by atoms with van der Waals surface area (Å²) in [4.78, 5) is 4.37. The Kier molecular flexibility index (Phi) is 4.61. The van der Waals surface area contributed by atoms with E-state index in [-0.39, 0.29) is 6.04 Å². The summed E-state index contributed by atoms with van der Waals surface area (Å²) >= 11 is 3.51. The summed E-state index contributed by atoms with van der Waals surface area (Å²) in [5.74, 6) is 0.825. The minimum Gasteiger partial charge on any atom is -0.383 e. The maximum absolute atomic E-state index is 5.13. The van der Waals surface area contributed by atoms with Crippen molar-refractivity contribution in [2.75, 3.05) is 19.0 Å². The number of hydrogen-bond donors (Lipinski definition) is 1. The van der Waals surface area contributed by atoms with Crippen molar-refractivity contribution >= 4 is 21.9 Å². The Bertz CT molecular complexity index is 553. The molecule has 0 saturated carbocycles. The minimum absolute atomic E-state index is 0.207. The van der Waals surface area contributed by atoms with Gasteiger partial charge in [-0.1, -0.05) is 22.0 Å². The van der Waals surface area contributed by atoms with Crippen LogP contribution in [0.2, 0.25) is 0 Å². The zero-order chi connectivity index (χ0) is 13.8. The van der Waals surface area contributed by atoms with E-state index in [0.717, 1.165) is 16.1 Å². The molecule has 1 aromatic heterocycles. The molecule has 4 nitrogen and oxygen atoms in total. The largest absolute Gasteiger partial charge is 0.383 e. The van der Waals surface area contributed by atoms with E-state index >= 15 is 0 Å². The van der Waals surface area contributed by atoms with Crippen LogP contribution in [0.4, 0.5) is 5.95 Å². The smallest absolute Gasteiger partial charge is 0.207 e. The van der Waals surface area contributed by atoms with E-state index in [2.05, 4.69) is 52.2 Å². The van der Waals surface area contributed by atoms with Gasteiger partial charge in [0.25, 0.3) is 0 Å². The molecule has 2 aromatic rings. The maximum atomic E-state index is 5.13. The van der Waals surface area contributed by atoms with Crippen LogP contribution in [0.1, 0.15) is 12.5 Å². The van der Waals surface area contributed by atoms with Gasteiger partial charge in [0.05, 0.1) is 12.3 Å². The SMILES string of the molecule is COCC(C)Nc1nccn1-c1cc(Br)ccc1C. The molecular weight excluding hydrogens is 306 g/mol. The Labute approximate surface area is 121 Å². The van der Waals surface area contributed by atoms with Gasteiger partial charge in [-0.2, -0.15) is 0 Å². The summed E-state index contributed by atoms with van der Waals surface area (Å²) in [6, 6.07) is 6.42. The third kappa shape index (κ3) is 3.36. The van der Waals surface area contributed by atoms with Gasteiger partial charge in [0.15, 0.2) is 0 Å². The van der Waals surface area contributed by atoms with Crippen LogP contribution >= 0.6 is 15.9 Å². The normalized spacial score (nSPS) is 12.4. The first kappa shape index (κ1) is 14.1. The Balaban J connectivity index is 2.31. The van der Waals surface area contributed by atoms with Gasteiger partial charge in [-0.25, -0.2) is 4.98 Å². The minimum atomic E-state index is 0.207. The van der Waals surface area contributed by atoms with E-state index in [4.69, 9.17) is 4.74 Å². The van der Waals surface area contributed by atoms with Crippen molar-refractivity contribution < 1.29 is 4.74 Å². The standard InChI is InChI=1S/C14H18BrN3O/c1-10-4-5-12(15)8-13(10)18-7-6-16-14(18)17-11(2)9-19-3/h4-8,11H,9H2,1-3H3,(H,16,17). The number of nitrogens with one attached hydrogen (secondary N) is 1. The van der Waals surface area contributed by atoms with E-state index < -0.39 is 0 Å². The molecule has 0 spiro atoms. The quantitative estimate of drug-likeness (QED) is 0.916. The maximum Gasteiger partial charge on any atom is 0.207 e. The third-order valence-electron chi connectivity index (χ3n) is 2.86. The number of nitrogens with zero attached hydrogens (tertiary/aromatic N) is 2. The molecular formula is C14H18BrN3O. The molecule has 0 aliphatic heterocycles. The van der Waals surface area contributed by atoms with Crippen LogP contribution in [0, 0.1) is 6.92 Å². The van der Waals surface area contributed by atoms with Crippen molar-refractivity contribution in [1.82, 2.24) is 9.55 Å². The molecule has 0 amide bonds. The Morgan fingerprint density at radius 3 is 3.00 bits per heavy atom. The molecule has 1 N–H and O–H groups in total. The lowest BCUT2D eigenvalue weighted by Crippen LogP contribution is -2.23. The average Bonchev–Trinajstić information content (AvgIpc) is 2.80. The second-order valence-corrected chi connectivity index (χ2v) is 5.47. The number of rotatable bonds is 5. The van der Waals surface area contributed by atoms with Gasteiger partial charge in [0, 0.05) is 30.0 Å². The molecule has 0 aliphatic rings. The number of ether oxygens (including phenoxy) is 1. The first-order chi connectivity index (χ1) is 9.11. The Morgan fingerprint density at radius 1 is 1.47 bits per heavy atom. The van der Waals surface area contributed by atoms with Gasteiger partial charge >= 0.3 is 0 Å². The molecule has 19 heavy (non-hydrogen) atoms. The monoisotopic (exact) mass is 323 g/mol. The second-order valence-electron chi connectivity index (χ2n) is 4.55. The lowest BCUT2D eigenvalue weighted by atomic mass is 10.2. The van der Waals surface area contributed by atoms with Gasteiger partial charge in [0.2, 0.25) is 5.95 Å². The number of methoxy groups -OCH3 is 1. The zero-order valence-corrected chi connectivity index (χ0v) is 12.9. The van der Waals surface area contributed by atoms with Crippen LogP contribution in [0.25, 0.3) is 5.69 Å². The number of imidazole rings is 1. The number of benzene rings is 1. The first-order valence-corrected chi connectivity index (χ1v) is 6.96.